The monoisotopic (exact) mass is 200 g/mol. The maximum Gasteiger partial charge on any atom is 0.0614 e. The maximum atomic E-state index is 9.49. The van der Waals surface area contributed by atoms with E-state index in [1.54, 1.807) is 0 Å². The van der Waals surface area contributed by atoms with Gasteiger partial charge < -0.3 is 15.3 Å². The van der Waals surface area contributed by atoms with Crippen LogP contribution in [0.25, 0.3) is 0 Å². The summed E-state index contributed by atoms with van der Waals surface area (Å²) in [5.41, 5.74) is -0.0120. The lowest BCUT2D eigenvalue weighted by Crippen LogP contribution is -2.57. The average molecular weight is 200 g/mol. The number of likely N-dealkylation sites (tertiary alicyclic amines) is 1. The van der Waals surface area contributed by atoms with Crippen LogP contribution in [0, 0.1) is 0 Å². The van der Waals surface area contributed by atoms with Gasteiger partial charge in [-0.05, 0) is 46.3 Å². The van der Waals surface area contributed by atoms with Crippen LogP contribution in [-0.4, -0.2) is 48.3 Å². The average Bonchev–Trinajstić information content (AvgIpc) is 2.20. The van der Waals surface area contributed by atoms with Crippen LogP contribution in [0.5, 0.6) is 0 Å². The number of nitrogens with zero attached hydrogens (tertiary/aromatic N) is 1. The topological polar surface area (TPSA) is 35.5 Å². The molecule has 0 aromatic carbocycles. The lowest BCUT2D eigenvalue weighted by atomic mass is 9.84. The lowest BCUT2D eigenvalue weighted by Gasteiger charge is -2.44. The van der Waals surface area contributed by atoms with Gasteiger partial charge in [0.15, 0.2) is 0 Å². The second-order valence-corrected chi connectivity index (χ2v) is 4.65. The molecule has 3 heteroatoms. The van der Waals surface area contributed by atoms with E-state index in [1.165, 1.54) is 0 Å². The third-order valence-electron chi connectivity index (χ3n) is 3.43. The van der Waals surface area contributed by atoms with E-state index in [0.29, 0.717) is 6.04 Å². The van der Waals surface area contributed by atoms with Crippen molar-refractivity contribution in [1.82, 2.24) is 10.2 Å². The minimum Gasteiger partial charge on any atom is -0.394 e. The number of aliphatic hydroxyl groups excluding tert-OH is 1. The van der Waals surface area contributed by atoms with Crippen molar-refractivity contribution < 1.29 is 5.11 Å². The van der Waals surface area contributed by atoms with E-state index in [2.05, 4.69) is 31.1 Å². The van der Waals surface area contributed by atoms with Crippen molar-refractivity contribution >= 4 is 0 Å². The Hall–Kier alpha value is -0.120. The summed E-state index contributed by atoms with van der Waals surface area (Å²) < 4.78 is 0. The van der Waals surface area contributed by atoms with Crippen molar-refractivity contribution in [2.24, 2.45) is 0 Å². The molecule has 2 atom stereocenters. The van der Waals surface area contributed by atoms with E-state index in [0.717, 1.165) is 32.4 Å². The summed E-state index contributed by atoms with van der Waals surface area (Å²) in [5.74, 6) is 0. The van der Waals surface area contributed by atoms with Gasteiger partial charge in [-0.2, -0.15) is 0 Å². The zero-order valence-corrected chi connectivity index (χ0v) is 9.71. The van der Waals surface area contributed by atoms with Crippen LogP contribution in [0.3, 0.4) is 0 Å². The molecule has 0 saturated carbocycles. The van der Waals surface area contributed by atoms with Crippen LogP contribution in [0.4, 0.5) is 0 Å². The van der Waals surface area contributed by atoms with Gasteiger partial charge in [-0.3, -0.25) is 0 Å². The fraction of sp³-hybridized carbons (Fsp3) is 1.00. The van der Waals surface area contributed by atoms with Gasteiger partial charge in [-0.1, -0.05) is 6.92 Å². The van der Waals surface area contributed by atoms with E-state index in [9.17, 15) is 5.11 Å². The molecule has 0 spiro atoms. The molecule has 2 N–H and O–H groups in total. The smallest absolute Gasteiger partial charge is 0.0614 e. The standard InChI is InChI=1S/C11H24N2O/c1-4-6-12-11(9-14)5-7-13(3)10(2)8-11/h10,12,14H,4-9H2,1-3H3. The number of hydrogen-bond acceptors (Lipinski definition) is 3. The van der Waals surface area contributed by atoms with Crippen LogP contribution < -0.4 is 5.32 Å². The lowest BCUT2D eigenvalue weighted by molar-refractivity contribution is 0.0595. The van der Waals surface area contributed by atoms with Crippen LogP contribution in [0.15, 0.2) is 0 Å². The molecule has 0 bridgehead atoms. The molecule has 0 aromatic rings. The first-order valence-corrected chi connectivity index (χ1v) is 5.69. The Bertz CT molecular complexity index is 171. The Labute approximate surface area is 87.5 Å². The van der Waals surface area contributed by atoms with E-state index < -0.39 is 0 Å². The largest absolute Gasteiger partial charge is 0.394 e. The highest BCUT2D eigenvalue weighted by Gasteiger charge is 2.35. The van der Waals surface area contributed by atoms with E-state index >= 15 is 0 Å². The summed E-state index contributed by atoms with van der Waals surface area (Å²) in [7, 11) is 2.16. The minimum absolute atomic E-state index is 0.0120. The van der Waals surface area contributed by atoms with Gasteiger partial charge in [0.25, 0.3) is 0 Å². The summed E-state index contributed by atoms with van der Waals surface area (Å²) in [6, 6.07) is 0.570. The van der Waals surface area contributed by atoms with Crippen LogP contribution >= 0.6 is 0 Å². The molecule has 1 heterocycles. The summed E-state index contributed by atoms with van der Waals surface area (Å²) >= 11 is 0. The minimum atomic E-state index is -0.0120. The van der Waals surface area contributed by atoms with Crippen molar-refractivity contribution in [2.45, 2.75) is 44.7 Å². The quantitative estimate of drug-likeness (QED) is 0.705. The molecule has 3 nitrogen and oxygen atoms in total. The number of nitrogens with one attached hydrogen (secondary N) is 1. The molecule has 1 saturated heterocycles. The van der Waals surface area contributed by atoms with Gasteiger partial charge in [-0.25, -0.2) is 0 Å². The number of piperidine rings is 1. The Morgan fingerprint density at radius 1 is 1.57 bits per heavy atom. The van der Waals surface area contributed by atoms with Crippen molar-refractivity contribution in [3.05, 3.63) is 0 Å². The predicted octanol–water partition coefficient (Wildman–Crippen LogP) is 0.831. The Balaban J connectivity index is 2.52. The zero-order valence-electron chi connectivity index (χ0n) is 9.71. The summed E-state index contributed by atoms with van der Waals surface area (Å²) in [4.78, 5) is 2.36. The molecule has 0 radical (unpaired) electrons. The normalized spacial score (nSPS) is 34.7. The molecule has 0 amide bonds. The van der Waals surface area contributed by atoms with Gasteiger partial charge in [0.05, 0.1) is 6.61 Å². The fourth-order valence-corrected chi connectivity index (χ4v) is 2.18. The number of aliphatic hydroxyl groups is 1. The molecular weight excluding hydrogens is 176 g/mol. The summed E-state index contributed by atoms with van der Waals surface area (Å²) in [5, 5.41) is 13.0. The highest BCUT2D eigenvalue weighted by molar-refractivity contribution is 4.95. The summed E-state index contributed by atoms with van der Waals surface area (Å²) in [6.07, 6.45) is 3.25. The molecule has 14 heavy (non-hydrogen) atoms. The molecule has 1 aliphatic rings. The first-order chi connectivity index (χ1) is 6.63. The van der Waals surface area contributed by atoms with Crippen molar-refractivity contribution in [3.8, 4) is 0 Å². The first-order valence-electron chi connectivity index (χ1n) is 5.69. The van der Waals surface area contributed by atoms with Gasteiger partial charge in [-0.15, -0.1) is 0 Å². The molecule has 84 valence electrons. The van der Waals surface area contributed by atoms with Gasteiger partial charge in [0.2, 0.25) is 0 Å². The van der Waals surface area contributed by atoms with Crippen LogP contribution in [0.1, 0.15) is 33.1 Å². The van der Waals surface area contributed by atoms with Gasteiger partial charge in [0.1, 0.15) is 0 Å². The van der Waals surface area contributed by atoms with Gasteiger partial charge in [0, 0.05) is 11.6 Å². The second-order valence-electron chi connectivity index (χ2n) is 4.65. The Morgan fingerprint density at radius 3 is 2.79 bits per heavy atom. The molecular formula is C11H24N2O. The van der Waals surface area contributed by atoms with E-state index in [-0.39, 0.29) is 12.1 Å². The second kappa shape index (κ2) is 5.10. The number of hydrogen-bond donors (Lipinski definition) is 2. The molecule has 2 unspecified atom stereocenters. The van der Waals surface area contributed by atoms with Crippen molar-refractivity contribution in [1.29, 1.82) is 0 Å². The molecule has 1 fully saturated rings. The van der Waals surface area contributed by atoms with Crippen molar-refractivity contribution in [3.63, 3.8) is 0 Å². The van der Waals surface area contributed by atoms with Crippen molar-refractivity contribution in [2.75, 3.05) is 26.7 Å². The molecule has 1 aliphatic heterocycles. The van der Waals surface area contributed by atoms with E-state index in [4.69, 9.17) is 0 Å². The van der Waals surface area contributed by atoms with Crippen LogP contribution in [-0.2, 0) is 0 Å². The van der Waals surface area contributed by atoms with E-state index in [1.807, 2.05) is 0 Å². The summed E-state index contributed by atoms with van der Waals surface area (Å²) in [6.45, 7) is 6.76. The molecule has 0 aromatic heterocycles. The third kappa shape index (κ3) is 2.69. The van der Waals surface area contributed by atoms with Gasteiger partial charge >= 0.3 is 0 Å². The maximum absolute atomic E-state index is 9.49. The highest BCUT2D eigenvalue weighted by Crippen LogP contribution is 2.25. The Morgan fingerprint density at radius 2 is 2.29 bits per heavy atom. The highest BCUT2D eigenvalue weighted by atomic mass is 16.3. The third-order valence-corrected chi connectivity index (χ3v) is 3.43. The van der Waals surface area contributed by atoms with Crippen LogP contribution in [0.2, 0.25) is 0 Å². The molecule has 1 rings (SSSR count). The number of rotatable bonds is 4. The first kappa shape index (κ1) is 12.0. The predicted molar refractivity (Wildman–Crippen MR) is 59.4 cm³/mol. The SMILES string of the molecule is CCCNC1(CO)CCN(C)C(C)C1. The Kier molecular flexibility index (Phi) is 4.35. The molecule has 0 aliphatic carbocycles. The zero-order chi connectivity index (χ0) is 10.6. The fourth-order valence-electron chi connectivity index (χ4n) is 2.18.